The number of benzene rings is 2. The number of aryl methyl sites for hydroxylation is 1. The maximum atomic E-state index is 12.8. The van der Waals surface area contributed by atoms with Crippen LogP contribution in [0.25, 0.3) is 5.69 Å². The maximum Gasteiger partial charge on any atom is 0.423 e. The van der Waals surface area contributed by atoms with Crippen molar-refractivity contribution in [3.05, 3.63) is 70.5 Å². The molecule has 3 aromatic rings. The zero-order chi connectivity index (χ0) is 26.8. The lowest BCUT2D eigenvalue weighted by molar-refractivity contribution is -0.121. The Hall–Kier alpha value is -3.30. The van der Waals surface area contributed by atoms with E-state index in [0.717, 1.165) is 17.7 Å². The monoisotopic (exact) mass is 524 g/mol. The average Bonchev–Trinajstić information content (AvgIpc) is 3.23. The van der Waals surface area contributed by atoms with Gasteiger partial charge in [0, 0.05) is 13.0 Å². The normalized spacial score (nSPS) is 13.9. The topological polar surface area (TPSA) is 83.1 Å². The van der Waals surface area contributed by atoms with Crippen molar-refractivity contribution in [2.45, 2.75) is 58.3 Å². The van der Waals surface area contributed by atoms with E-state index in [1.807, 2.05) is 24.3 Å². The molecule has 0 atom stereocenters. The molecule has 1 aliphatic heterocycles. The number of carbonyl (C=O) groups is 1. The zero-order valence-electron chi connectivity index (χ0n) is 22.5. The van der Waals surface area contributed by atoms with Crippen LogP contribution in [-0.2, 0) is 22.2 Å². The SMILES string of the molecule is COc1ccc(CN2C(=O)COc3ccc(-n4cc(CCCO[Si](C)(C)C(C)(C)C)oc4=O)cc32)cc1. The lowest BCUT2D eigenvalue weighted by Crippen LogP contribution is -2.41. The fourth-order valence-corrected chi connectivity index (χ4v) is 4.99. The molecule has 2 heterocycles. The molecule has 8 nitrogen and oxygen atoms in total. The molecule has 0 spiro atoms. The summed E-state index contributed by atoms with van der Waals surface area (Å²) in [6.07, 6.45) is 3.09. The fourth-order valence-electron chi connectivity index (χ4n) is 3.90. The van der Waals surface area contributed by atoms with E-state index >= 15 is 0 Å². The molecule has 0 saturated carbocycles. The van der Waals surface area contributed by atoms with E-state index in [-0.39, 0.29) is 17.6 Å². The van der Waals surface area contributed by atoms with Gasteiger partial charge >= 0.3 is 5.76 Å². The van der Waals surface area contributed by atoms with Crippen molar-refractivity contribution >= 4 is 19.9 Å². The molecule has 1 amide bonds. The summed E-state index contributed by atoms with van der Waals surface area (Å²) < 4.78 is 24.1. The van der Waals surface area contributed by atoms with E-state index in [2.05, 4.69) is 33.9 Å². The summed E-state index contributed by atoms with van der Waals surface area (Å²) in [5.74, 6) is 1.33. The lowest BCUT2D eigenvalue weighted by atomic mass is 10.1. The molecular weight excluding hydrogens is 488 g/mol. The van der Waals surface area contributed by atoms with Gasteiger partial charge in [-0.2, -0.15) is 0 Å². The van der Waals surface area contributed by atoms with Gasteiger partial charge in [-0.1, -0.05) is 32.9 Å². The number of ether oxygens (including phenoxy) is 2. The predicted molar refractivity (Wildman–Crippen MR) is 145 cm³/mol. The Kier molecular flexibility index (Phi) is 7.66. The summed E-state index contributed by atoms with van der Waals surface area (Å²) in [5.41, 5.74) is 2.17. The first-order valence-corrected chi connectivity index (χ1v) is 15.5. The molecule has 0 radical (unpaired) electrons. The first-order chi connectivity index (χ1) is 17.5. The first kappa shape index (κ1) is 26.8. The van der Waals surface area contributed by atoms with Crippen molar-refractivity contribution in [2.24, 2.45) is 0 Å². The van der Waals surface area contributed by atoms with Crippen molar-refractivity contribution in [1.29, 1.82) is 0 Å². The largest absolute Gasteiger partial charge is 0.497 e. The van der Waals surface area contributed by atoms with E-state index in [0.29, 0.717) is 42.5 Å². The van der Waals surface area contributed by atoms with Gasteiger partial charge in [-0.05, 0) is 60.4 Å². The van der Waals surface area contributed by atoms with Crippen molar-refractivity contribution in [3.8, 4) is 17.2 Å². The minimum absolute atomic E-state index is 0.0325. The molecule has 0 aliphatic carbocycles. The Morgan fingerprint density at radius 3 is 2.46 bits per heavy atom. The fraction of sp³-hybridized carbons (Fsp3) is 0.429. The van der Waals surface area contributed by atoms with Crippen LogP contribution in [0.5, 0.6) is 11.5 Å². The number of anilines is 1. The van der Waals surface area contributed by atoms with Gasteiger partial charge in [0.15, 0.2) is 14.9 Å². The maximum absolute atomic E-state index is 12.8. The molecule has 1 aromatic heterocycles. The Morgan fingerprint density at radius 1 is 1.05 bits per heavy atom. The first-order valence-electron chi connectivity index (χ1n) is 12.5. The summed E-state index contributed by atoms with van der Waals surface area (Å²) in [4.78, 5) is 27.1. The minimum atomic E-state index is -1.81. The van der Waals surface area contributed by atoms with Gasteiger partial charge in [0.1, 0.15) is 17.3 Å². The molecule has 0 saturated heterocycles. The number of rotatable bonds is 9. The van der Waals surface area contributed by atoms with Gasteiger partial charge in [0.2, 0.25) is 0 Å². The van der Waals surface area contributed by atoms with Crippen LogP contribution in [-0.4, -0.2) is 39.1 Å². The molecule has 1 aliphatic rings. The molecule has 4 rings (SSSR count). The van der Waals surface area contributed by atoms with Gasteiger partial charge < -0.3 is 23.2 Å². The molecule has 0 bridgehead atoms. The van der Waals surface area contributed by atoms with Crippen LogP contribution < -0.4 is 20.1 Å². The van der Waals surface area contributed by atoms with Crippen LogP contribution in [0.4, 0.5) is 5.69 Å². The Morgan fingerprint density at radius 2 is 1.78 bits per heavy atom. The summed E-state index contributed by atoms with van der Waals surface area (Å²) in [5, 5.41) is 0.154. The number of oxazole rings is 1. The van der Waals surface area contributed by atoms with Crippen LogP contribution in [0.3, 0.4) is 0 Å². The van der Waals surface area contributed by atoms with Crippen molar-refractivity contribution in [1.82, 2.24) is 4.57 Å². The molecule has 0 fully saturated rings. The predicted octanol–water partition coefficient (Wildman–Crippen LogP) is 5.32. The Bertz CT molecular complexity index is 1300. The smallest absolute Gasteiger partial charge is 0.423 e. The summed E-state index contributed by atoms with van der Waals surface area (Å²) in [6, 6.07) is 12.9. The second-order valence-electron chi connectivity index (χ2n) is 10.8. The second kappa shape index (κ2) is 10.6. The summed E-state index contributed by atoms with van der Waals surface area (Å²) >= 11 is 0. The highest BCUT2D eigenvalue weighted by Crippen LogP contribution is 2.37. The van der Waals surface area contributed by atoms with Gasteiger partial charge in [-0.3, -0.25) is 4.79 Å². The standard InChI is InChI=1S/C28H36N2O6Si/c1-28(2,3)37(5,6)35-15-7-8-23-18-29(27(32)36-23)21-11-14-25-24(16-21)30(26(31)19-34-25)17-20-9-12-22(33-4)13-10-20/h9-14,16,18H,7-8,15,17,19H2,1-6H3. The second-order valence-corrected chi connectivity index (χ2v) is 15.6. The summed E-state index contributed by atoms with van der Waals surface area (Å²) in [6.45, 7) is 12.1. The molecule has 0 N–H and O–H groups in total. The molecule has 37 heavy (non-hydrogen) atoms. The van der Waals surface area contributed by atoms with Gasteiger partial charge in [-0.25, -0.2) is 9.36 Å². The molecular formula is C28H36N2O6Si. The van der Waals surface area contributed by atoms with Gasteiger partial charge in [-0.15, -0.1) is 0 Å². The Balaban J connectivity index is 1.49. The Labute approximate surface area is 218 Å². The highest BCUT2D eigenvalue weighted by molar-refractivity contribution is 6.74. The van der Waals surface area contributed by atoms with Crippen LogP contribution in [0.1, 0.15) is 38.5 Å². The number of amides is 1. The van der Waals surface area contributed by atoms with Gasteiger partial charge in [0.25, 0.3) is 5.91 Å². The van der Waals surface area contributed by atoms with E-state index in [1.165, 1.54) is 4.57 Å². The number of carbonyl (C=O) groups excluding carboxylic acids is 1. The van der Waals surface area contributed by atoms with E-state index in [4.69, 9.17) is 18.3 Å². The van der Waals surface area contributed by atoms with Gasteiger partial charge in [0.05, 0.1) is 31.2 Å². The van der Waals surface area contributed by atoms with Crippen LogP contribution in [0.2, 0.25) is 18.1 Å². The van der Waals surface area contributed by atoms with E-state index < -0.39 is 14.1 Å². The third-order valence-corrected chi connectivity index (χ3v) is 11.7. The van der Waals surface area contributed by atoms with Crippen LogP contribution in [0, 0.1) is 0 Å². The lowest BCUT2D eigenvalue weighted by Gasteiger charge is -2.36. The van der Waals surface area contributed by atoms with Crippen molar-refractivity contribution in [2.75, 3.05) is 25.2 Å². The molecule has 0 unspecified atom stereocenters. The van der Waals surface area contributed by atoms with Crippen LogP contribution in [0.15, 0.2) is 57.9 Å². The zero-order valence-corrected chi connectivity index (χ0v) is 23.5. The number of aromatic nitrogens is 1. The van der Waals surface area contributed by atoms with E-state index in [9.17, 15) is 9.59 Å². The molecule has 9 heteroatoms. The highest BCUT2D eigenvalue weighted by atomic mass is 28.4. The van der Waals surface area contributed by atoms with E-state index in [1.54, 1.807) is 36.4 Å². The third-order valence-electron chi connectivity index (χ3n) is 7.19. The highest BCUT2D eigenvalue weighted by Gasteiger charge is 2.36. The molecule has 2 aromatic carbocycles. The number of methoxy groups -OCH3 is 1. The number of hydrogen-bond acceptors (Lipinski definition) is 6. The van der Waals surface area contributed by atoms with Crippen LogP contribution >= 0.6 is 0 Å². The molecule has 198 valence electrons. The average molecular weight is 525 g/mol. The third kappa shape index (κ3) is 5.99. The van der Waals surface area contributed by atoms with Crippen molar-refractivity contribution < 1.29 is 23.1 Å². The number of fused-ring (bicyclic) bond motifs is 1. The number of hydrogen-bond donors (Lipinski definition) is 0. The van der Waals surface area contributed by atoms with Crippen molar-refractivity contribution in [3.63, 3.8) is 0 Å². The number of nitrogens with zero attached hydrogens (tertiary/aromatic N) is 2. The quantitative estimate of drug-likeness (QED) is 0.278. The summed E-state index contributed by atoms with van der Waals surface area (Å²) in [7, 11) is -0.193. The minimum Gasteiger partial charge on any atom is -0.497 e.